The Morgan fingerprint density at radius 2 is 1.59 bits per heavy atom. The number of hydrogen-bond donors (Lipinski definition) is 1. The largest absolute Gasteiger partial charge is 0.356 e. The van der Waals surface area contributed by atoms with Gasteiger partial charge in [-0.15, -0.1) is 0 Å². The number of carbonyl (C=O) groups excluding carboxylic acids is 3. The van der Waals surface area contributed by atoms with Crippen LogP contribution in [0.5, 0.6) is 0 Å². The fourth-order valence-corrected chi connectivity index (χ4v) is 4.35. The monoisotopic (exact) mass is 452 g/mol. The fourth-order valence-electron chi connectivity index (χ4n) is 4.35. The molecule has 3 aromatic carbocycles. The van der Waals surface area contributed by atoms with Crippen molar-refractivity contribution < 1.29 is 14.4 Å². The van der Waals surface area contributed by atoms with Gasteiger partial charge in [-0.1, -0.05) is 36.4 Å². The van der Waals surface area contributed by atoms with Crippen molar-refractivity contribution >= 4 is 28.5 Å². The molecule has 34 heavy (non-hydrogen) atoms. The van der Waals surface area contributed by atoms with Crippen LogP contribution in [0.25, 0.3) is 16.5 Å². The second-order valence-electron chi connectivity index (χ2n) is 8.29. The van der Waals surface area contributed by atoms with Gasteiger partial charge in [0.1, 0.15) is 0 Å². The lowest BCUT2D eigenvalue weighted by Crippen LogP contribution is -2.41. The summed E-state index contributed by atoms with van der Waals surface area (Å²) in [7, 11) is 0. The number of benzene rings is 3. The summed E-state index contributed by atoms with van der Waals surface area (Å²) < 4.78 is 1.79. The summed E-state index contributed by atoms with van der Waals surface area (Å²) in [5.41, 5.74) is 3.18. The van der Waals surface area contributed by atoms with Crippen molar-refractivity contribution in [1.82, 2.24) is 20.0 Å². The number of hydrogen-bond acceptors (Lipinski definition) is 4. The molecule has 3 amide bonds. The number of amides is 3. The first-order valence-electron chi connectivity index (χ1n) is 11.4. The lowest BCUT2D eigenvalue weighted by molar-refractivity contribution is -0.121. The number of aromatic nitrogens is 2. The van der Waals surface area contributed by atoms with Crippen molar-refractivity contribution in [2.24, 2.45) is 0 Å². The number of carbonyl (C=O) groups is 3. The highest BCUT2D eigenvalue weighted by Gasteiger charge is 2.32. The van der Waals surface area contributed by atoms with Crippen LogP contribution in [0.2, 0.25) is 0 Å². The summed E-state index contributed by atoms with van der Waals surface area (Å²) in [6, 6.07) is 20.9. The van der Waals surface area contributed by atoms with E-state index in [1.54, 1.807) is 23.0 Å². The summed E-state index contributed by atoms with van der Waals surface area (Å²) in [5.74, 6) is -0.686. The van der Waals surface area contributed by atoms with E-state index in [0.717, 1.165) is 23.1 Å². The molecule has 1 aromatic heterocycles. The Balaban J connectivity index is 1.10. The summed E-state index contributed by atoms with van der Waals surface area (Å²) in [5, 5.41) is 8.72. The maximum atomic E-state index is 12.9. The Morgan fingerprint density at radius 1 is 0.882 bits per heavy atom. The summed E-state index contributed by atoms with van der Waals surface area (Å²) in [4.78, 5) is 39.4. The summed E-state index contributed by atoms with van der Waals surface area (Å²) >= 11 is 0. The predicted molar refractivity (Wildman–Crippen MR) is 129 cm³/mol. The van der Waals surface area contributed by atoms with Gasteiger partial charge in [0, 0.05) is 48.4 Å². The van der Waals surface area contributed by atoms with Gasteiger partial charge in [-0.2, -0.15) is 5.10 Å². The third-order valence-corrected chi connectivity index (χ3v) is 6.08. The molecule has 0 saturated heterocycles. The fraction of sp³-hybridized carbons (Fsp3) is 0.185. The standard InChI is InChI=1S/C27H24N4O3/c32-24(28-16-14-19-10-12-21(13-11-19)31-18-4-15-29-31)9-3-17-30-26(33)22-7-1-5-20-6-2-8-23(25(20)22)27(30)34/h1-2,4-8,10-13,15,18H,3,9,14,16-17H2,(H,28,32). The van der Waals surface area contributed by atoms with Gasteiger partial charge in [-0.05, 0) is 54.1 Å². The smallest absolute Gasteiger partial charge is 0.261 e. The number of rotatable bonds is 8. The first-order valence-corrected chi connectivity index (χ1v) is 11.4. The van der Waals surface area contributed by atoms with Crippen LogP contribution in [0.1, 0.15) is 39.1 Å². The van der Waals surface area contributed by atoms with E-state index < -0.39 is 0 Å². The van der Waals surface area contributed by atoms with Gasteiger partial charge in [0.05, 0.1) is 5.69 Å². The van der Waals surface area contributed by atoms with Gasteiger partial charge in [-0.25, -0.2) is 4.68 Å². The van der Waals surface area contributed by atoms with E-state index in [9.17, 15) is 14.4 Å². The normalized spacial score (nSPS) is 12.9. The zero-order valence-electron chi connectivity index (χ0n) is 18.6. The minimum absolute atomic E-state index is 0.0902. The Kier molecular flexibility index (Phi) is 5.91. The summed E-state index contributed by atoms with van der Waals surface area (Å²) in [6.07, 6.45) is 5.01. The summed E-state index contributed by atoms with van der Waals surface area (Å²) in [6.45, 7) is 0.738. The molecule has 0 unspecified atom stereocenters. The number of nitrogens with zero attached hydrogens (tertiary/aromatic N) is 3. The Hall–Kier alpha value is -4.26. The zero-order chi connectivity index (χ0) is 23.5. The molecule has 0 radical (unpaired) electrons. The van der Waals surface area contributed by atoms with Crippen molar-refractivity contribution in [2.45, 2.75) is 19.3 Å². The minimum Gasteiger partial charge on any atom is -0.356 e. The Bertz CT molecular complexity index is 1310. The molecule has 0 spiro atoms. The molecule has 0 saturated carbocycles. The Labute approximate surface area is 197 Å². The zero-order valence-corrected chi connectivity index (χ0v) is 18.6. The van der Waals surface area contributed by atoms with Crippen molar-refractivity contribution in [3.05, 3.63) is 95.8 Å². The van der Waals surface area contributed by atoms with Gasteiger partial charge in [-0.3, -0.25) is 19.3 Å². The van der Waals surface area contributed by atoms with E-state index in [1.165, 1.54) is 4.90 Å². The van der Waals surface area contributed by atoms with E-state index in [2.05, 4.69) is 10.4 Å². The molecule has 2 heterocycles. The van der Waals surface area contributed by atoms with Crippen LogP contribution >= 0.6 is 0 Å². The maximum absolute atomic E-state index is 12.9. The van der Waals surface area contributed by atoms with Gasteiger partial charge in [0.2, 0.25) is 5.91 Å². The molecule has 0 aliphatic carbocycles. The predicted octanol–water partition coefficient (Wildman–Crippen LogP) is 3.76. The highest BCUT2D eigenvalue weighted by atomic mass is 16.2. The quantitative estimate of drug-likeness (QED) is 0.413. The molecule has 7 nitrogen and oxygen atoms in total. The maximum Gasteiger partial charge on any atom is 0.261 e. The van der Waals surface area contributed by atoms with Crippen molar-refractivity contribution in [3.63, 3.8) is 0 Å². The minimum atomic E-state index is -0.298. The molecule has 5 rings (SSSR count). The lowest BCUT2D eigenvalue weighted by atomic mass is 9.94. The topological polar surface area (TPSA) is 84.3 Å². The van der Waals surface area contributed by atoms with E-state index in [0.29, 0.717) is 29.5 Å². The molecule has 1 aliphatic heterocycles. The van der Waals surface area contributed by atoms with Crippen molar-refractivity contribution in [1.29, 1.82) is 0 Å². The van der Waals surface area contributed by atoms with Crippen LogP contribution in [0, 0.1) is 0 Å². The van der Waals surface area contributed by atoms with Crippen LogP contribution in [0.3, 0.4) is 0 Å². The first-order chi connectivity index (χ1) is 16.6. The van der Waals surface area contributed by atoms with Crippen LogP contribution < -0.4 is 5.32 Å². The second kappa shape index (κ2) is 9.31. The molecule has 0 fully saturated rings. The lowest BCUT2D eigenvalue weighted by Gasteiger charge is -2.27. The van der Waals surface area contributed by atoms with Gasteiger partial charge >= 0.3 is 0 Å². The second-order valence-corrected chi connectivity index (χ2v) is 8.29. The highest BCUT2D eigenvalue weighted by molar-refractivity contribution is 6.25. The molecule has 170 valence electrons. The molecular formula is C27H24N4O3. The molecule has 7 heteroatoms. The third-order valence-electron chi connectivity index (χ3n) is 6.08. The number of nitrogens with one attached hydrogen (secondary N) is 1. The Morgan fingerprint density at radius 3 is 2.24 bits per heavy atom. The first kappa shape index (κ1) is 21.6. The van der Waals surface area contributed by atoms with E-state index in [1.807, 2.05) is 60.8 Å². The van der Waals surface area contributed by atoms with Crippen LogP contribution in [0.15, 0.2) is 79.1 Å². The van der Waals surface area contributed by atoms with Crippen LogP contribution in [-0.2, 0) is 11.2 Å². The van der Waals surface area contributed by atoms with Crippen LogP contribution in [0.4, 0.5) is 0 Å². The average molecular weight is 453 g/mol. The van der Waals surface area contributed by atoms with E-state index >= 15 is 0 Å². The third kappa shape index (κ3) is 4.20. The van der Waals surface area contributed by atoms with E-state index in [-0.39, 0.29) is 30.7 Å². The van der Waals surface area contributed by atoms with E-state index in [4.69, 9.17) is 0 Å². The van der Waals surface area contributed by atoms with Gasteiger partial charge in [0.15, 0.2) is 0 Å². The number of imide groups is 1. The molecule has 4 aromatic rings. The molecule has 1 N–H and O–H groups in total. The molecular weight excluding hydrogens is 428 g/mol. The molecule has 0 atom stereocenters. The van der Waals surface area contributed by atoms with Crippen LogP contribution in [-0.4, -0.2) is 45.5 Å². The van der Waals surface area contributed by atoms with Gasteiger partial charge < -0.3 is 5.32 Å². The van der Waals surface area contributed by atoms with Crippen molar-refractivity contribution in [2.75, 3.05) is 13.1 Å². The van der Waals surface area contributed by atoms with Gasteiger partial charge in [0.25, 0.3) is 11.8 Å². The molecule has 1 aliphatic rings. The SMILES string of the molecule is O=C(CCCN1C(=O)c2cccc3cccc(c23)C1=O)NCCc1ccc(-n2cccn2)cc1. The highest BCUT2D eigenvalue weighted by Crippen LogP contribution is 2.30. The van der Waals surface area contributed by atoms with Crippen molar-refractivity contribution in [3.8, 4) is 5.69 Å². The molecule has 0 bridgehead atoms. The average Bonchev–Trinajstić information content (AvgIpc) is 3.40.